The Kier molecular flexibility index (Phi) is 2.23. The van der Waals surface area contributed by atoms with Crippen molar-refractivity contribution in [2.24, 2.45) is 5.73 Å². The van der Waals surface area contributed by atoms with Gasteiger partial charge in [-0.25, -0.2) is 0 Å². The molecule has 0 aromatic heterocycles. The maximum absolute atomic E-state index is 10.7. The number of amides is 1. The molecule has 2 rings (SSSR count). The van der Waals surface area contributed by atoms with Crippen LogP contribution in [-0.4, -0.2) is 5.91 Å². The summed E-state index contributed by atoms with van der Waals surface area (Å²) in [5.41, 5.74) is 6.22. The van der Waals surface area contributed by atoms with Gasteiger partial charge in [0.15, 0.2) is 0 Å². The van der Waals surface area contributed by atoms with E-state index in [0.29, 0.717) is 5.76 Å². The highest BCUT2D eigenvalue weighted by Gasteiger charge is 2.12. The third kappa shape index (κ3) is 1.76. The van der Waals surface area contributed by atoms with Gasteiger partial charge in [-0.1, -0.05) is 18.2 Å². The van der Waals surface area contributed by atoms with Gasteiger partial charge in [-0.15, -0.1) is 0 Å². The van der Waals surface area contributed by atoms with Crippen LogP contribution >= 0.6 is 0 Å². The van der Waals surface area contributed by atoms with Crippen molar-refractivity contribution in [3.05, 3.63) is 41.7 Å². The molecule has 3 nitrogen and oxygen atoms in total. The van der Waals surface area contributed by atoms with Crippen LogP contribution in [0.15, 0.2) is 36.1 Å². The Labute approximate surface area is 82.2 Å². The van der Waals surface area contributed by atoms with Gasteiger partial charge in [-0.2, -0.15) is 0 Å². The minimum atomic E-state index is -0.365. The second-order valence-corrected chi connectivity index (χ2v) is 3.23. The monoisotopic (exact) mass is 189 g/mol. The van der Waals surface area contributed by atoms with Crippen LogP contribution in [0.25, 0.3) is 0 Å². The van der Waals surface area contributed by atoms with Crippen molar-refractivity contribution < 1.29 is 9.53 Å². The molecule has 0 radical (unpaired) electrons. The Morgan fingerprint density at radius 2 is 2.21 bits per heavy atom. The number of fused-ring (bicyclic) bond motifs is 1. The normalized spacial score (nSPS) is 13.9. The summed E-state index contributed by atoms with van der Waals surface area (Å²) in [6, 6.07) is 7.78. The van der Waals surface area contributed by atoms with Gasteiger partial charge >= 0.3 is 0 Å². The van der Waals surface area contributed by atoms with Gasteiger partial charge in [-0.05, 0) is 24.1 Å². The van der Waals surface area contributed by atoms with Crippen LogP contribution in [0.2, 0.25) is 0 Å². The molecule has 1 aromatic rings. The molecule has 2 N–H and O–H groups in total. The summed E-state index contributed by atoms with van der Waals surface area (Å²) in [6.45, 7) is 0. The molecule has 1 aliphatic heterocycles. The standard InChI is InChI=1S/C11H11NO2/c12-11(13)7-9-6-5-8-3-1-2-4-10(8)14-9/h1-4,6H,5,7H2,(H2,12,13). The number of allylic oxidation sites excluding steroid dienone is 1. The van der Waals surface area contributed by atoms with Gasteiger partial charge in [0, 0.05) is 0 Å². The Morgan fingerprint density at radius 1 is 1.43 bits per heavy atom. The molecule has 0 saturated heterocycles. The predicted octanol–water partition coefficient (Wildman–Crippen LogP) is 1.38. The largest absolute Gasteiger partial charge is 0.461 e. The zero-order valence-corrected chi connectivity index (χ0v) is 7.69. The Balaban J connectivity index is 2.17. The molecule has 14 heavy (non-hydrogen) atoms. The van der Waals surface area contributed by atoms with Gasteiger partial charge in [0.25, 0.3) is 0 Å². The molecular formula is C11H11NO2. The average molecular weight is 189 g/mol. The van der Waals surface area contributed by atoms with E-state index in [1.165, 1.54) is 0 Å². The van der Waals surface area contributed by atoms with E-state index < -0.39 is 0 Å². The maximum atomic E-state index is 10.7. The number of hydrogen-bond donors (Lipinski definition) is 1. The summed E-state index contributed by atoms with van der Waals surface area (Å²) in [5, 5.41) is 0. The van der Waals surface area contributed by atoms with Crippen LogP contribution in [0.3, 0.4) is 0 Å². The zero-order chi connectivity index (χ0) is 9.97. The fraction of sp³-hybridized carbons (Fsp3) is 0.182. The summed E-state index contributed by atoms with van der Waals surface area (Å²) in [6.07, 6.45) is 2.88. The minimum Gasteiger partial charge on any atom is -0.461 e. The van der Waals surface area contributed by atoms with Gasteiger partial charge in [0.2, 0.25) is 5.91 Å². The first-order chi connectivity index (χ1) is 6.75. The van der Waals surface area contributed by atoms with E-state index in [4.69, 9.17) is 10.5 Å². The number of ether oxygens (including phenoxy) is 1. The van der Waals surface area contributed by atoms with Crippen LogP contribution in [0.5, 0.6) is 5.75 Å². The van der Waals surface area contributed by atoms with Gasteiger partial charge in [-0.3, -0.25) is 4.79 Å². The van der Waals surface area contributed by atoms with E-state index in [0.717, 1.165) is 17.7 Å². The molecule has 0 aliphatic carbocycles. The molecule has 0 unspecified atom stereocenters. The van der Waals surface area contributed by atoms with Crippen LogP contribution in [0.1, 0.15) is 12.0 Å². The average Bonchev–Trinajstić information content (AvgIpc) is 2.17. The highest BCUT2D eigenvalue weighted by atomic mass is 16.5. The lowest BCUT2D eigenvalue weighted by atomic mass is 10.1. The SMILES string of the molecule is NC(=O)CC1=CCc2ccccc2O1. The van der Waals surface area contributed by atoms with Crippen LogP contribution in [0, 0.1) is 0 Å². The molecule has 0 bridgehead atoms. The summed E-state index contributed by atoms with van der Waals surface area (Å²) >= 11 is 0. The van der Waals surface area contributed by atoms with Crippen LogP contribution < -0.4 is 10.5 Å². The fourth-order valence-electron chi connectivity index (χ4n) is 1.46. The van der Waals surface area contributed by atoms with Crippen LogP contribution in [0.4, 0.5) is 0 Å². The first kappa shape index (κ1) is 8.81. The number of primary amides is 1. The first-order valence-corrected chi connectivity index (χ1v) is 4.49. The topological polar surface area (TPSA) is 52.3 Å². The molecular weight excluding hydrogens is 178 g/mol. The third-order valence-electron chi connectivity index (χ3n) is 2.11. The Morgan fingerprint density at radius 3 is 3.00 bits per heavy atom. The molecule has 0 atom stereocenters. The summed E-state index contributed by atoms with van der Waals surface area (Å²) in [5.74, 6) is 1.11. The zero-order valence-electron chi connectivity index (χ0n) is 7.69. The van der Waals surface area contributed by atoms with E-state index in [-0.39, 0.29) is 12.3 Å². The van der Waals surface area contributed by atoms with E-state index >= 15 is 0 Å². The highest BCUT2D eigenvalue weighted by Crippen LogP contribution is 2.26. The molecule has 0 spiro atoms. The molecule has 0 fully saturated rings. The van der Waals surface area contributed by atoms with Gasteiger partial charge in [0.05, 0.1) is 6.42 Å². The number of benzene rings is 1. The predicted molar refractivity (Wildman–Crippen MR) is 52.7 cm³/mol. The van der Waals surface area contributed by atoms with Crippen molar-refractivity contribution in [2.45, 2.75) is 12.8 Å². The number of nitrogens with two attached hydrogens (primary N) is 1. The van der Waals surface area contributed by atoms with Crippen molar-refractivity contribution in [3.63, 3.8) is 0 Å². The molecule has 1 heterocycles. The summed E-state index contributed by atoms with van der Waals surface area (Å²) < 4.78 is 5.50. The van der Waals surface area contributed by atoms with E-state index in [2.05, 4.69) is 0 Å². The lowest BCUT2D eigenvalue weighted by Gasteiger charge is -2.16. The number of carbonyl (C=O) groups excluding carboxylic acids is 1. The minimum absolute atomic E-state index is 0.175. The van der Waals surface area contributed by atoms with Crippen molar-refractivity contribution in [3.8, 4) is 5.75 Å². The molecule has 1 aromatic carbocycles. The molecule has 3 heteroatoms. The summed E-state index contributed by atoms with van der Waals surface area (Å²) in [4.78, 5) is 10.7. The quantitative estimate of drug-likeness (QED) is 0.764. The van der Waals surface area contributed by atoms with Gasteiger partial charge < -0.3 is 10.5 Å². The third-order valence-corrected chi connectivity index (χ3v) is 2.11. The molecule has 1 amide bonds. The molecule has 72 valence electrons. The van der Waals surface area contributed by atoms with Crippen LogP contribution in [-0.2, 0) is 11.2 Å². The van der Waals surface area contributed by atoms with Crippen molar-refractivity contribution in [1.29, 1.82) is 0 Å². The number of para-hydroxylation sites is 1. The second-order valence-electron chi connectivity index (χ2n) is 3.23. The second kappa shape index (κ2) is 3.54. The van der Waals surface area contributed by atoms with E-state index in [9.17, 15) is 4.79 Å². The van der Waals surface area contributed by atoms with Gasteiger partial charge in [0.1, 0.15) is 11.5 Å². The fourth-order valence-corrected chi connectivity index (χ4v) is 1.46. The first-order valence-electron chi connectivity index (χ1n) is 4.49. The van der Waals surface area contributed by atoms with Crippen molar-refractivity contribution >= 4 is 5.91 Å². The Bertz CT molecular complexity index is 396. The number of hydrogen-bond acceptors (Lipinski definition) is 2. The highest BCUT2D eigenvalue weighted by molar-refractivity contribution is 5.76. The number of rotatable bonds is 2. The lowest BCUT2D eigenvalue weighted by Crippen LogP contribution is -2.15. The molecule has 0 saturated carbocycles. The molecule has 1 aliphatic rings. The Hall–Kier alpha value is -1.77. The van der Waals surface area contributed by atoms with E-state index in [1.54, 1.807) is 0 Å². The number of carbonyl (C=O) groups is 1. The van der Waals surface area contributed by atoms with E-state index in [1.807, 2.05) is 30.3 Å². The smallest absolute Gasteiger partial charge is 0.225 e. The van der Waals surface area contributed by atoms with Crippen molar-refractivity contribution in [2.75, 3.05) is 0 Å². The maximum Gasteiger partial charge on any atom is 0.225 e. The van der Waals surface area contributed by atoms with Crippen molar-refractivity contribution in [1.82, 2.24) is 0 Å². The summed E-state index contributed by atoms with van der Waals surface area (Å²) in [7, 11) is 0. The lowest BCUT2D eigenvalue weighted by molar-refractivity contribution is -0.117.